The number of benzene rings is 1. The van der Waals surface area contributed by atoms with Crippen LogP contribution in [0.15, 0.2) is 56.4 Å². The standard InChI is InChI=1S/C10H9BrO2S2/c1-2-15(12,13)8-7-14-10-5-3-9(11)4-6-10/h2-8H,1H2. The van der Waals surface area contributed by atoms with Crippen molar-refractivity contribution in [1.29, 1.82) is 0 Å². The number of hydrogen-bond donors (Lipinski definition) is 0. The van der Waals surface area contributed by atoms with E-state index in [1.54, 1.807) is 0 Å². The van der Waals surface area contributed by atoms with Gasteiger partial charge in [0, 0.05) is 20.2 Å². The number of thioether (sulfide) groups is 1. The molecule has 0 aromatic heterocycles. The van der Waals surface area contributed by atoms with E-state index in [0.717, 1.165) is 20.2 Å². The summed E-state index contributed by atoms with van der Waals surface area (Å²) in [6.45, 7) is 3.21. The zero-order valence-corrected chi connectivity index (χ0v) is 11.0. The van der Waals surface area contributed by atoms with Crippen LogP contribution in [0, 0.1) is 0 Å². The molecule has 0 aliphatic heterocycles. The Morgan fingerprint density at radius 3 is 2.40 bits per heavy atom. The number of halogens is 1. The maximum atomic E-state index is 11.0. The zero-order chi connectivity index (χ0) is 11.3. The third kappa shape index (κ3) is 4.68. The summed E-state index contributed by atoms with van der Waals surface area (Å²) in [6, 6.07) is 7.61. The summed E-state index contributed by atoms with van der Waals surface area (Å²) < 4.78 is 23.0. The molecule has 0 unspecified atom stereocenters. The van der Waals surface area contributed by atoms with Crippen LogP contribution in [0.3, 0.4) is 0 Å². The van der Waals surface area contributed by atoms with Gasteiger partial charge in [-0.3, -0.25) is 0 Å². The van der Waals surface area contributed by atoms with Gasteiger partial charge in [0.05, 0.1) is 0 Å². The molecule has 0 aliphatic carbocycles. The van der Waals surface area contributed by atoms with E-state index in [1.165, 1.54) is 17.2 Å². The third-order valence-corrected chi connectivity index (χ3v) is 3.99. The highest BCUT2D eigenvalue weighted by atomic mass is 79.9. The molecule has 0 N–H and O–H groups in total. The highest BCUT2D eigenvalue weighted by molar-refractivity contribution is 9.10. The molecule has 0 atom stereocenters. The molecule has 0 amide bonds. The van der Waals surface area contributed by atoms with E-state index in [-0.39, 0.29) is 0 Å². The van der Waals surface area contributed by atoms with E-state index in [1.807, 2.05) is 24.3 Å². The summed E-state index contributed by atoms with van der Waals surface area (Å²) in [5.41, 5.74) is 0. The van der Waals surface area contributed by atoms with Gasteiger partial charge in [0.25, 0.3) is 0 Å². The van der Waals surface area contributed by atoms with Crippen molar-refractivity contribution in [1.82, 2.24) is 0 Å². The molecular formula is C10H9BrO2S2. The molecule has 1 rings (SSSR count). The topological polar surface area (TPSA) is 34.1 Å². The van der Waals surface area contributed by atoms with E-state index >= 15 is 0 Å². The molecule has 0 aliphatic rings. The molecule has 15 heavy (non-hydrogen) atoms. The molecule has 1 aromatic carbocycles. The first kappa shape index (κ1) is 12.5. The van der Waals surface area contributed by atoms with Crippen LogP contribution in [0.25, 0.3) is 0 Å². The molecule has 0 saturated heterocycles. The van der Waals surface area contributed by atoms with Gasteiger partial charge in [0.15, 0.2) is 9.84 Å². The second-order valence-electron chi connectivity index (χ2n) is 2.60. The van der Waals surface area contributed by atoms with E-state index in [4.69, 9.17) is 0 Å². The van der Waals surface area contributed by atoms with Crippen LogP contribution in [0.1, 0.15) is 0 Å². The average molecular weight is 305 g/mol. The van der Waals surface area contributed by atoms with Crippen LogP contribution < -0.4 is 0 Å². The SMILES string of the molecule is C=CS(=O)(=O)C=CSc1ccc(Br)cc1. The third-order valence-electron chi connectivity index (χ3n) is 1.50. The van der Waals surface area contributed by atoms with Crippen LogP contribution in [-0.4, -0.2) is 8.42 Å². The molecule has 5 heteroatoms. The molecule has 0 bridgehead atoms. The Balaban J connectivity index is 2.65. The Morgan fingerprint density at radius 1 is 1.27 bits per heavy atom. The lowest BCUT2D eigenvalue weighted by Crippen LogP contribution is -1.84. The maximum absolute atomic E-state index is 11.0. The predicted molar refractivity (Wildman–Crippen MR) is 68.3 cm³/mol. The first-order valence-electron chi connectivity index (χ1n) is 4.00. The monoisotopic (exact) mass is 304 g/mol. The molecule has 2 nitrogen and oxygen atoms in total. The number of sulfone groups is 1. The highest BCUT2D eigenvalue weighted by Gasteiger charge is 1.96. The number of hydrogen-bond acceptors (Lipinski definition) is 3. The Bertz CT molecular complexity index is 461. The minimum atomic E-state index is -3.24. The van der Waals surface area contributed by atoms with Crippen LogP contribution in [0.2, 0.25) is 0 Å². The molecule has 1 aromatic rings. The van der Waals surface area contributed by atoms with Crippen LogP contribution >= 0.6 is 27.7 Å². The Labute approximate surface area is 102 Å². The van der Waals surface area contributed by atoms with E-state index < -0.39 is 9.84 Å². The van der Waals surface area contributed by atoms with Crippen molar-refractivity contribution in [2.75, 3.05) is 0 Å². The van der Waals surface area contributed by atoms with Gasteiger partial charge in [0.2, 0.25) is 0 Å². The van der Waals surface area contributed by atoms with Gasteiger partial charge in [-0.15, -0.1) is 0 Å². The van der Waals surface area contributed by atoms with Crippen LogP contribution in [-0.2, 0) is 9.84 Å². The van der Waals surface area contributed by atoms with Gasteiger partial charge in [-0.1, -0.05) is 34.3 Å². The van der Waals surface area contributed by atoms with Gasteiger partial charge < -0.3 is 0 Å². The Morgan fingerprint density at radius 2 is 1.87 bits per heavy atom. The molecule has 0 spiro atoms. The fraction of sp³-hybridized carbons (Fsp3) is 0. The van der Waals surface area contributed by atoms with Gasteiger partial charge >= 0.3 is 0 Å². The number of rotatable bonds is 4. The summed E-state index contributed by atoms with van der Waals surface area (Å²) in [4.78, 5) is 0.980. The second-order valence-corrected chi connectivity index (χ2v) is 6.28. The molecule has 0 fully saturated rings. The fourth-order valence-corrected chi connectivity index (χ4v) is 2.42. The lowest BCUT2D eigenvalue weighted by Gasteiger charge is -1.95. The van der Waals surface area contributed by atoms with E-state index in [9.17, 15) is 8.42 Å². The maximum Gasteiger partial charge on any atom is 0.192 e. The van der Waals surface area contributed by atoms with Crippen LogP contribution in [0.4, 0.5) is 0 Å². The summed E-state index contributed by atoms with van der Waals surface area (Å²) in [5, 5.41) is 3.58. The highest BCUT2D eigenvalue weighted by Crippen LogP contribution is 2.21. The van der Waals surface area contributed by atoms with Gasteiger partial charge in [-0.2, -0.15) is 0 Å². The molecule has 80 valence electrons. The predicted octanol–water partition coefficient (Wildman–Crippen LogP) is 3.57. The van der Waals surface area contributed by atoms with Crippen molar-refractivity contribution in [2.24, 2.45) is 0 Å². The molecule has 0 heterocycles. The van der Waals surface area contributed by atoms with Crippen molar-refractivity contribution in [3.05, 3.63) is 51.5 Å². The fourth-order valence-electron chi connectivity index (χ4n) is 0.753. The summed E-state index contributed by atoms with van der Waals surface area (Å²) in [5.74, 6) is 0. The minimum absolute atomic E-state index is 0.922. The normalized spacial score (nSPS) is 11.8. The first-order chi connectivity index (χ1) is 7.03. The van der Waals surface area contributed by atoms with E-state index in [2.05, 4.69) is 22.5 Å². The van der Waals surface area contributed by atoms with Crippen molar-refractivity contribution in [3.63, 3.8) is 0 Å². The minimum Gasteiger partial charge on any atom is -0.220 e. The summed E-state index contributed by atoms with van der Waals surface area (Å²) in [7, 11) is -3.24. The van der Waals surface area contributed by atoms with Gasteiger partial charge in [-0.05, 0) is 29.7 Å². The van der Waals surface area contributed by atoms with Crippen molar-refractivity contribution in [3.8, 4) is 0 Å². The van der Waals surface area contributed by atoms with Crippen molar-refractivity contribution < 1.29 is 8.42 Å². The smallest absolute Gasteiger partial charge is 0.192 e. The largest absolute Gasteiger partial charge is 0.220 e. The Kier molecular flexibility index (Phi) is 4.63. The molecular weight excluding hydrogens is 296 g/mol. The lowest BCUT2D eigenvalue weighted by atomic mass is 10.4. The van der Waals surface area contributed by atoms with Crippen molar-refractivity contribution in [2.45, 2.75) is 4.90 Å². The van der Waals surface area contributed by atoms with Gasteiger partial charge in [-0.25, -0.2) is 8.42 Å². The van der Waals surface area contributed by atoms with E-state index in [0.29, 0.717) is 0 Å². The summed E-state index contributed by atoms with van der Waals surface area (Å²) >= 11 is 4.66. The first-order valence-corrected chi connectivity index (χ1v) is 7.28. The zero-order valence-electron chi connectivity index (χ0n) is 7.76. The van der Waals surface area contributed by atoms with Crippen molar-refractivity contribution >= 4 is 37.5 Å². The molecule has 0 saturated carbocycles. The van der Waals surface area contributed by atoms with Crippen LogP contribution in [0.5, 0.6) is 0 Å². The quantitative estimate of drug-likeness (QED) is 0.798. The Hall–Kier alpha value is -0.520. The average Bonchev–Trinajstić information content (AvgIpc) is 2.21. The molecule has 0 radical (unpaired) electrons. The summed E-state index contributed by atoms with van der Waals surface area (Å²) in [6.07, 6.45) is 0. The lowest BCUT2D eigenvalue weighted by molar-refractivity contribution is 0.613. The second kappa shape index (κ2) is 5.53. The van der Waals surface area contributed by atoms with Gasteiger partial charge in [0.1, 0.15) is 0 Å².